The molecule has 1 N–H and O–H groups in total. The summed E-state index contributed by atoms with van der Waals surface area (Å²) in [5, 5.41) is 7.36. The highest BCUT2D eigenvalue weighted by Crippen LogP contribution is 2.34. The third-order valence-electron chi connectivity index (χ3n) is 3.66. The first-order chi connectivity index (χ1) is 9.78. The van der Waals surface area contributed by atoms with Crippen LogP contribution in [-0.4, -0.2) is 34.2 Å². The van der Waals surface area contributed by atoms with E-state index in [4.69, 9.17) is 4.74 Å². The Hall–Kier alpha value is -1.95. The van der Waals surface area contributed by atoms with Gasteiger partial charge in [-0.25, -0.2) is 9.50 Å². The van der Waals surface area contributed by atoms with Crippen LogP contribution in [0.2, 0.25) is 0 Å². The van der Waals surface area contributed by atoms with Crippen LogP contribution in [0.5, 0.6) is 0 Å². The molecule has 2 aromatic heterocycles. The molecule has 106 valence electrons. The van der Waals surface area contributed by atoms with Gasteiger partial charge in [0.15, 0.2) is 11.5 Å². The highest BCUT2D eigenvalue weighted by atomic mass is 16.5. The number of nitrogens with zero attached hydrogens (tertiary/aromatic N) is 3. The molecule has 1 fully saturated rings. The van der Waals surface area contributed by atoms with Gasteiger partial charge in [-0.15, -0.1) is 0 Å². The molecular formula is C14H18N4O2. The molecule has 2 heterocycles. The van der Waals surface area contributed by atoms with E-state index in [2.05, 4.69) is 15.4 Å². The molecule has 1 saturated carbocycles. The molecule has 6 nitrogen and oxygen atoms in total. The fourth-order valence-corrected chi connectivity index (χ4v) is 2.27. The molecule has 2 aromatic rings. The number of carbonyl (C=O) groups is 1. The van der Waals surface area contributed by atoms with E-state index < -0.39 is 0 Å². The van der Waals surface area contributed by atoms with Gasteiger partial charge in [-0.2, -0.15) is 5.10 Å². The molecule has 0 aromatic carbocycles. The van der Waals surface area contributed by atoms with Gasteiger partial charge in [0.05, 0.1) is 18.7 Å². The second kappa shape index (κ2) is 5.58. The number of aromatic nitrogens is 3. The van der Waals surface area contributed by atoms with Crippen LogP contribution < -0.4 is 5.32 Å². The van der Waals surface area contributed by atoms with Crippen LogP contribution in [0, 0.1) is 0 Å². The van der Waals surface area contributed by atoms with Gasteiger partial charge in [-0.05, 0) is 25.0 Å². The Kier molecular flexibility index (Phi) is 3.64. The molecule has 0 spiro atoms. The van der Waals surface area contributed by atoms with Crippen molar-refractivity contribution in [2.24, 2.45) is 0 Å². The van der Waals surface area contributed by atoms with Crippen molar-refractivity contribution in [2.45, 2.75) is 31.6 Å². The second-order valence-corrected chi connectivity index (χ2v) is 5.08. The largest absolute Gasteiger partial charge is 0.384 e. The van der Waals surface area contributed by atoms with Crippen molar-refractivity contribution in [1.82, 2.24) is 14.6 Å². The van der Waals surface area contributed by atoms with Gasteiger partial charge >= 0.3 is 0 Å². The van der Waals surface area contributed by atoms with Gasteiger partial charge in [0, 0.05) is 19.2 Å². The zero-order valence-electron chi connectivity index (χ0n) is 11.5. The molecule has 20 heavy (non-hydrogen) atoms. The number of anilines is 1. The zero-order chi connectivity index (χ0) is 13.9. The standard InChI is InChI=1S/C14H18N4O2/c1-20-9-7-12(19)15-11-6-3-8-18-14(11)16-13(17-18)10-4-2-5-10/h3,6,8,10H,2,4-5,7,9H2,1H3,(H,15,19). The minimum atomic E-state index is -0.0758. The third kappa shape index (κ3) is 2.51. The lowest BCUT2D eigenvalue weighted by Crippen LogP contribution is -2.14. The summed E-state index contributed by atoms with van der Waals surface area (Å²) in [5.41, 5.74) is 1.41. The summed E-state index contributed by atoms with van der Waals surface area (Å²) in [5.74, 6) is 1.29. The lowest BCUT2D eigenvalue weighted by molar-refractivity contribution is -0.117. The fourth-order valence-electron chi connectivity index (χ4n) is 2.27. The number of hydrogen-bond acceptors (Lipinski definition) is 4. The van der Waals surface area contributed by atoms with E-state index in [1.54, 1.807) is 11.6 Å². The molecule has 0 radical (unpaired) electrons. The van der Waals surface area contributed by atoms with E-state index in [9.17, 15) is 4.79 Å². The molecule has 0 bridgehead atoms. The van der Waals surface area contributed by atoms with Crippen LogP contribution in [0.1, 0.15) is 37.4 Å². The summed E-state index contributed by atoms with van der Waals surface area (Å²) in [6, 6.07) is 3.71. The van der Waals surface area contributed by atoms with Gasteiger partial charge in [0.1, 0.15) is 0 Å². The van der Waals surface area contributed by atoms with Crippen LogP contribution in [0.3, 0.4) is 0 Å². The predicted octanol–water partition coefficient (Wildman–Crippen LogP) is 1.97. The number of carbonyl (C=O) groups excluding carboxylic acids is 1. The van der Waals surface area contributed by atoms with Gasteiger partial charge < -0.3 is 10.1 Å². The molecule has 0 aliphatic heterocycles. The first-order valence-corrected chi connectivity index (χ1v) is 6.92. The smallest absolute Gasteiger partial charge is 0.226 e. The van der Waals surface area contributed by atoms with Crippen LogP contribution in [-0.2, 0) is 9.53 Å². The topological polar surface area (TPSA) is 68.5 Å². The molecule has 0 saturated heterocycles. The minimum absolute atomic E-state index is 0.0758. The molecule has 1 aliphatic rings. The van der Waals surface area contributed by atoms with Crippen LogP contribution in [0.25, 0.3) is 5.65 Å². The third-order valence-corrected chi connectivity index (χ3v) is 3.66. The summed E-state index contributed by atoms with van der Waals surface area (Å²) in [6.07, 6.45) is 5.76. The van der Waals surface area contributed by atoms with Crippen LogP contribution in [0.15, 0.2) is 18.3 Å². The number of nitrogens with one attached hydrogen (secondary N) is 1. The Bertz CT molecular complexity index is 619. The van der Waals surface area contributed by atoms with E-state index in [1.165, 1.54) is 6.42 Å². The maximum absolute atomic E-state index is 11.8. The average molecular weight is 274 g/mol. The molecule has 6 heteroatoms. The SMILES string of the molecule is COCCC(=O)Nc1cccn2nc(C3CCC3)nc12. The van der Waals surface area contributed by atoms with Gasteiger partial charge in [-0.1, -0.05) is 6.42 Å². The van der Waals surface area contributed by atoms with E-state index >= 15 is 0 Å². The second-order valence-electron chi connectivity index (χ2n) is 5.08. The van der Waals surface area contributed by atoms with Crippen molar-refractivity contribution in [2.75, 3.05) is 19.0 Å². The van der Waals surface area contributed by atoms with Crippen molar-refractivity contribution in [3.63, 3.8) is 0 Å². The number of pyridine rings is 1. The summed E-state index contributed by atoms with van der Waals surface area (Å²) >= 11 is 0. The summed E-state index contributed by atoms with van der Waals surface area (Å²) < 4.78 is 6.64. The number of ether oxygens (including phenoxy) is 1. The van der Waals surface area contributed by atoms with Gasteiger partial charge in [0.2, 0.25) is 5.91 Å². The van der Waals surface area contributed by atoms with E-state index in [0.717, 1.165) is 18.7 Å². The molecule has 3 rings (SSSR count). The van der Waals surface area contributed by atoms with E-state index in [-0.39, 0.29) is 5.91 Å². The van der Waals surface area contributed by atoms with Gasteiger partial charge in [0.25, 0.3) is 0 Å². The molecule has 1 amide bonds. The predicted molar refractivity (Wildman–Crippen MR) is 74.7 cm³/mol. The number of amides is 1. The Morgan fingerprint density at radius 1 is 1.55 bits per heavy atom. The monoisotopic (exact) mass is 274 g/mol. The first-order valence-electron chi connectivity index (χ1n) is 6.92. The van der Waals surface area contributed by atoms with Crippen LogP contribution >= 0.6 is 0 Å². The molecule has 0 unspecified atom stereocenters. The van der Waals surface area contributed by atoms with Crippen molar-refractivity contribution < 1.29 is 9.53 Å². The number of methoxy groups -OCH3 is 1. The van der Waals surface area contributed by atoms with E-state index in [1.807, 2.05) is 18.3 Å². The Balaban J connectivity index is 1.82. The highest BCUT2D eigenvalue weighted by molar-refractivity contribution is 5.94. The lowest BCUT2D eigenvalue weighted by atomic mass is 9.85. The summed E-state index contributed by atoms with van der Waals surface area (Å²) in [4.78, 5) is 16.3. The quantitative estimate of drug-likeness (QED) is 0.905. The molecular weight excluding hydrogens is 256 g/mol. The lowest BCUT2D eigenvalue weighted by Gasteiger charge is -2.21. The van der Waals surface area contributed by atoms with Crippen molar-refractivity contribution in [1.29, 1.82) is 0 Å². The van der Waals surface area contributed by atoms with Crippen molar-refractivity contribution >= 4 is 17.2 Å². The average Bonchev–Trinajstić information content (AvgIpc) is 2.78. The maximum Gasteiger partial charge on any atom is 0.226 e. The fraction of sp³-hybridized carbons (Fsp3) is 0.500. The highest BCUT2D eigenvalue weighted by Gasteiger charge is 2.24. The number of rotatable bonds is 5. The summed E-state index contributed by atoms with van der Waals surface area (Å²) in [7, 11) is 1.58. The maximum atomic E-state index is 11.8. The zero-order valence-corrected chi connectivity index (χ0v) is 11.5. The Morgan fingerprint density at radius 2 is 2.40 bits per heavy atom. The van der Waals surface area contributed by atoms with E-state index in [0.29, 0.717) is 30.3 Å². The Labute approximate surface area is 117 Å². The normalized spacial score (nSPS) is 15.2. The minimum Gasteiger partial charge on any atom is -0.384 e. The summed E-state index contributed by atoms with van der Waals surface area (Å²) in [6.45, 7) is 0.412. The first kappa shape index (κ1) is 13.1. The number of fused-ring (bicyclic) bond motifs is 1. The van der Waals surface area contributed by atoms with Crippen LogP contribution in [0.4, 0.5) is 5.69 Å². The Morgan fingerprint density at radius 3 is 3.10 bits per heavy atom. The van der Waals surface area contributed by atoms with Crippen molar-refractivity contribution in [3.8, 4) is 0 Å². The molecule has 1 aliphatic carbocycles. The van der Waals surface area contributed by atoms with Gasteiger partial charge in [-0.3, -0.25) is 4.79 Å². The molecule has 0 atom stereocenters. The number of hydrogen-bond donors (Lipinski definition) is 1. The van der Waals surface area contributed by atoms with Crippen molar-refractivity contribution in [3.05, 3.63) is 24.2 Å².